The molecule has 0 unspecified atom stereocenters. The highest BCUT2D eigenvalue weighted by molar-refractivity contribution is 6.28. The van der Waals surface area contributed by atoms with Crippen molar-refractivity contribution >= 4 is 99.5 Å². The minimum Gasteiger partial charge on any atom is -0.456 e. The van der Waals surface area contributed by atoms with Crippen LogP contribution in [0.3, 0.4) is 0 Å². The first-order valence-electron chi connectivity index (χ1n) is 25.1. The van der Waals surface area contributed by atoms with Crippen LogP contribution in [0.15, 0.2) is 264 Å². The molecule has 0 saturated heterocycles. The molecule has 0 atom stereocenters. The molecule has 340 valence electrons. The third-order valence-corrected chi connectivity index (χ3v) is 15.8. The molecule has 2 aliphatic carbocycles. The Hall–Kier alpha value is -9.64. The summed E-state index contributed by atoms with van der Waals surface area (Å²) in [5.41, 5.74) is 19.2. The third-order valence-electron chi connectivity index (χ3n) is 15.8. The summed E-state index contributed by atoms with van der Waals surface area (Å²) in [5.74, 6) is 0. The van der Waals surface area contributed by atoms with Crippen LogP contribution in [0.5, 0.6) is 0 Å². The molecule has 1 spiro atoms. The molecule has 0 aliphatic heterocycles. The van der Waals surface area contributed by atoms with Crippen LogP contribution in [0, 0.1) is 0 Å². The number of furan rings is 2. The first-order chi connectivity index (χ1) is 36.2. The lowest BCUT2D eigenvalue weighted by atomic mass is 9.70. The molecule has 2 aromatic heterocycles. The Morgan fingerprint density at radius 3 is 1.34 bits per heavy atom. The van der Waals surface area contributed by atoms with E-state index in [9.17, 15) is 0 Å². The van der Waals surface area contributed by atoms with Crippen LogP contribution >= 0.6 is 0 Å². The minimum absolute atomic E-state index is 0.691. The summed E-state index contributed by atoms with van der Waals surface area (Å²) in [5, 5.41) is 8.83. The lowest BCUT2D eigenvalue weighted by Crippen LogP contribution is -2.26. The van der Waals surface area contributed by atoms with E-state index < -0.39 is 5.41 Å². The molecule has 0 saturated carbocycles. The van der Waals surface area contributed by atoms with Crippen molar-refractivity contribution in [2.24, 2.45) is 0 Å². The van der Waals surface area contributed by atoms with E-state index in [1.54, 1.807) is 0 Å². The van der Waals surface area contributed by atoms with Crippen LogP contribution in [0.25, 0.3) is 87.7 Å². The highest BCUT2D eigenvalue weighted by Crippen LogP contribution is 2.66. The number of nitrogens with zero attached hydrogens (tertiary/aromatic N) is 2. The zero-order chi connectivity index (χ0) is 47.8. The van der Waals surface area contributed by atoms with Crippen molar-refractivity contribution in [3.05, 3.63) is 277 Å². The van der Waals surface area contributed by atoms with Crippen molar-refractivity contribution in [2.75, 3.05) is 9.80 Å². The van der Waals surface area contributed by atoms with E-state index in [1.165, 1.54) is 49.9 Å². The summed E-state index contributed by atoms with van der Waals surface area (Å²) in [4.78, 5) is 4.85. The normalized spacial score (nSPS) is 13.0. The molecule has 0 N–H and O–H groups in total. The van der Waals surface area contributed by atoms with Crippen molar-refractivity contribution < 1.29 is 8.83 Å². The average molecular weight is 931 g/mol. The van der Waals surface area contributed by atoms with Gasteiger partial charge < -0.3 is 18.6 Å². The number of rotatable bonds is 6. The zero-order valence-corrected chi connectivity index (χ0v) is 39.5. The van der Waals surface area contributed by atoms with Gasteiger partial charge in [-0.2, -0.15) is 0 Å². The highest BCUT2D eigenvalue weighted by Gasteiger charge is 2.53. The van der Waals surface area contributed by atoms with E-state index in [-0.39, 0.29) is 0 Å². The number of hydrogen-bond donors (Lipinski definition) is 0. The fourth-order valence-electron chi connectivity index (χ4n) is 12.9. The molecule has 0 radical (unpaired) electrons. The SMILES string of the molecule is c1ccc(N(c2ccccc2)c2cc3cc4c(cc3c3oc5ccccc5c23)-c2c(cc(N(c3ccccc3)c3ccccc3)c3c2ccc2oc5ccccc5c23)C42c3ccccc3-c3ccccc32)cc1. The largest absolute Gasteiger partial charge is 0.456 e. The maximum atomic E-state index is 7.19. The van der Waals surface area contributed by atoms with Gasteiger partial charge in [0.15, 0.2) is 0 Å². The van der Waals surface area contributed by atoms with Gasteiger partial charge in [0.2, 0.25) is 0 Å². The molecule has 0 fully saturated rings. The van der Waals surface area contributed by atoms with Crippen LogP contribution in [-0.2, 0) is 5.41 Å². The predicted octanol–water partition coefficient (Wildman–Crippen LogP) is 19.1. The van der Waals surface area contributed by atoms with Gasteiger partial charge in [0, 0.05) is 49.7 Å². The summed E-state index contributed by atoms with van der Waals surface area (Å²) in [7, 11) is 0. The number of fused-ring (bicyclic) bond motifs is 21. The molecule has 4 heteroatoms. The lowest BCUT2D eigenvalue weighted by Gasteiger charge is -2.33. The molecular weight excluding hydrogens is 889 g/mol. The quantitative estimate of drug-likeness (QED) is 0.166. The lowest BCUT2D eigenvalue weighted by molar-refractivity contribution is 0.669. The summed E-state index contributed by atoms with van der Waals surface area (Å²) in [6.45, 7) is 0. The van der Waals surface area contributed by atoms with Crippen molar-refractivity contribution in [1.82, 2.24) is 0 Å². The Labute approximate surface area is 420 Å². The molecule has 73 heavy (non-hydrogen) atoms. The van der Waals surface area contributed by atoms with Crippen molar-refractivity contribution in [3.63, 3.8) is 0 Å². The van der Waals surface area contributed by atoms with Crippen LogP contribution in [-0.4, -0.2) is 0 Å². The second-order valence-corrected chi connectivity index (χ2v) is 19.4. The van der Waals surface area contributed by atoms with E-state index in [0.29, 0.717) is 0 Å². The van der Waals surface area contributed by atoms with Crippen molar-refractivity contribution in [2.45, 2.75) is 5.41 Å². The summed E-state index contributed by atoms with van der Waals surface area (Å²) in [6, 6.07) is 92.8. The second kappa shape index (κ2) is 15.2. The summed E-state index contributed by atoms with van der Waals surface area (Å²) in [6.07, 6.45) is 0. The Kier molecular flexibility index (Phi) is 8.35. The molecule has 4 nitrogen and oxygen atoms in total. The topological polar surface area (TPSA) is 32.8 Å². The van der Waals surface area contributed by atoms with Crippen molar-refractivity contribution in [1.29, 1.82) is 0 Å². The van der Waals surface area contributed by atoms with Gasteiger partial charge in [-0.3, -0.25) is 0 Å². The number of benzene rings is 12. The smallest absolute Gasteiger partial charge is 0.145 e. The van der Waals surface area contributed by atoms with Gasteiger partial charge in [0.25, 0.3) is 0 Å². The Morgan fingerprint density at radius 1 is 0.288 bits per heavy atom. The van der Waals surface area contributed by atoms with Gasteiger partial charge in [-0.25, -0.2) is 0 Å². The zero-order valence-electron chi connectivity index (χ0n) is 39.5. The summed E-state index contributed by atoms with van der Waals surface area (Å²) >= 11 is 0. The van der Waals surface area contributed by atoms with E-state index >= 15 is 0 Å². The van der Waals surface area contributed by atoms with Gasteiger partial charge >= 0.3 is 0 Å². The molecule has 0 bridgehead atoms. The monoisotopic (exact) mass is 930 g/mol. The van der Waals surface area contributed by atoms with Gasteiger partial charge in [-0.15, -0.1) is 0 Å². The highest BCUT2D eigenvalue weighted by atomic mass is 16.3. The molecule has 2 heterocycles. The van der Waals surface area contributed by atoms with Crippen LogP contribution in [0.1, 0.15) is 22.3 Å². The Morgan fingerprint density at radius 2 is 0.767 bits per heavy atom. The molecular formula is C69H42N2O2. The number of para-hydroxylation sites is 6. The Balaban J connectivity index is 1.11. The molecule has 0 amide bonds. The second-order valence-electron chi connectivity index (χ2n) is 19.4. The van der Waals surface area contributed by atoms with Gasteiger partial charge in [0.1, 0.15) is 22.3 Å². The molecule has 14 aromatic rings. The van der Waals surface area contributed by atoms with Gasteiger partial charge in [-0.1, -0.05) is 158 Å². The van der Waals surface area contributed by atoms with Crippen molar-refractivity contribution in [3.8, 4) is 22.3 Å². The fraction of sp³-hybridized carbons (Fsp3) is 0.0145. The van der Waals surface area contributed by atoms with E-state index in [2.05, 4.69) is 265 Å². The average Bonchev–Trinajstić information content (AvgIpc) is 4.21. The number of hydrogen-bond acceptors (Lipinski definition) is 4. The molecule has 12 aromatic carbocycles. The predicted molar refractivity (Wildman–Crippen MR) is 302 cm³/mol. The maximum absolute atomic E-state index is 7.19. The van der Waals surface area contributed by atoms with E-state index in [0.717, 1.165) is 94.2 Å². The van der Waals surface area contributed by atoms with Crippen LogP contribution < -0.4 is 9.80 Å². The van der Waals surface area contributed by atoms with E-state index in [4.69, 9.17) is 8.83 Å². The first-order valence-corrected chi connectivity index (χ1v) is 25.1. The number of anilines is 6. The third kappa shape index (κ3) is 5.49. The summed E-state index contributed by atoms with van der Waals surface area (Å²) < 4.78 is 14.0. The minimum atomic E-state index is -0.691. The van der Waals surface area contributed by atoms with Gasteiger partial charge in [0.05, 0.1) is 22.2 Å². The maximum Gasteiger partial charge on any atom is 0.145 e. The fourth-order valence-corrected chi connectivity index (χ4v) is 12.9. The first kappa shape index (κ1) is 40.1. The van der Waals surface area contributed by atoms with Crippen LogP contribution in [0.4, 0.5) is 34.1 Å². The Bertz CT molecular complexity index is 4430. The van der Waals surface area contributed by atoms with Crippen LogP contribution in [0.2, 0.25) is 0 Å². The van der Waals surface area contributed by atoms with E-state index in [1.807, 2.05) is 0 Å². The molecule has 16 rings (SSSR count). The van der Waals surface area contributed by atoms with Gasteiger partial charge in [-0.05, 0) is 152 Å². The standard InChI is InChI=1S/C69H42N2O2/c1-5-21-44(22-6-1)70(45-23-7-2-8-24-45)59-40-43-39-57-54(41-53(43)68-66(59)50-31-15-20-36-62(50)73-68)64-52-37-38-63-67(51-32-16-19-35-61(51)72-63)65(52)60(71(46-25-9-3-10-26-46)47-27-11-4-12-28-47)42-58(64)69(57)55-33-17-13-29-48(55)49-30-14-18-34-56(49)69/h1-42H. The molecule has 2 aliphatic rings.